The Bertz CT molecular complexity index is 1170. The van der Waals surface area contributed by atoms with Crippen LogP contribution in [0.4, 0.5) is 0 Å². The third kappa shape index (κ3) is 5.14. The van der Waals surface area contributed by atoms with Crippen LogP contribution in [0.15, 0.2) is 23.0 Å². The zero-order valence-corrected chi connectivity index (χ0v) is 20.6. The molecule has 9 heteroatoms. The number of fused-ring (bicyclic) bond motifs is 1. The van der Waals surface area contributed by atoms with Crippen molar-refractivity contribution in [3.63, 3.8) is 0 Å². The molecule has 2 heterocycles. The number of halogens is 1. The third-order valence-electron chi connectivity index (χ3n) is 5.08. The second-order valence-electron chi connectivity index (χ2n) is 8.05. The molecule has 7 nitrogen and oxygen atoms in total. The molecule has 0 aliphatic carbocycles. The number of carbonyl (C=O) groups excluding carboxylic acids is 1. The summed E-state index contributed by atoms with van der Waals surface area (Å²) in [6, 6.07) is 5.56. The second kappa shape index (κ2) is 10.9. The molecule has 3 aromatic rings. The lowest BCUT2D eigenvalue weighted by Gasteiger charge is -2.20. The van der Waals surface area contributed by atoms with E-state index in [1.54, 1.807) is 17.6 Å². The molecule has 1 amide bonds. The summed E-state index contributed by atoms with van der Waals surface area (Å²) in [7, 11) is 0. The minimum Gasteiger partial charge on any atom is -0.491 e. The largest absolute Gasteiger partial charge is 0.491 e. The van der Waals surface area contributed by atoms with Crippen LogP contribution in [-0.4, -0.2) is 22.1 Å². The zero-order chi connectivity index (χ0) is 22.7. The van der Waals surface area contributed by atoms with Crippen molar-refractivity contribution in [2.75, 3.05) is 6.61 Å². The minimum atomic E-state index is -0.493. The smallest absolute Gasteiger partial charge is 0.260 e. The number of aryl methyl sites for hydroxylation is 1. The van der Waals surface area contributed by atoms with Crippen LogP contribution in [0.25, 0.3) is 21.3 Å². The number of nitrogens with zero attached hydrogens (tertiary/aromatic N) is 2. The van der Waals surface area contributed by atoms with Gasteiger partial charge in [0.15, 0.2) is 0 Å². The quantitative estimate of drug-likeness (QED) is 0.446. The maximum Gasteiger partial charge on any atom is 0.260 e. The molecule has 0 bridgehead atoms. The van der Waals surface area contributed by atoms with Gasteiger partial charge < -0.3 is 20.8 Å². The number of nitrogens with two attached hydrogens (primary N) is 2. The van der Waals surface area contributed by atoms with Crippen molar-refractivity contribution >= 4 is 40.4 Å². The summed E-state index contributed by atoms with van der Waals surface area (Å²) in [6.45, 7) is 9.32. The average molecular weight is 479 g/mol. The molecular weight excluding hydrogens is 448 g/mol. The van der Waals surface area contributed by atoms with Crippen molar-refractivity contribution in [3.05, 3.63) is 44.8 Å². The van der Waals surface area contributed by atoms with Gasteiger partial charge in [-0.25, -0.2) is 4.98 Å². The summed E-state index contributed by atoms with van der Waals surface area (Å²) in [6.07, 6.45) is 1.91. The number of aromatic nitrogens is 2. The maximum absolute atomic E-state index is 13.3. The van der Waals surface area contributed by atoms with Gasteiger partial charge >= 0.3 is 0 Å². The molecule has 0 saturated carbocycles. The predicted octanol–water partition coefficient (Wildman–Crippen LogP) is 4.25. The summed E-state index contributed by atoms with van der Waals surface area (Å²) in [5.74, 6) is 0.442. The highest BCUT2D eigenvalue weighted by Gasteiger charge is 2.20. The third-order valence-corrected chi connectivity index (χ3v) is 6.30. The van der Waals surface area contributed by atoms with E-state index in [-0.39, 0.29) is 30.4 Å². The Morgan fingerprint density at radius 3 is 2.56 bits per heavy atom. The standard InChI is InChI=1S/C23H30N4O3S.ClH/c1-5-6-9-30-19-17-10-15(22-26-14(4)20(31-22)21(25)28)7-8-16(17)23(29)27(12-13(2)3)18(19)11-24;/h7-8,10,13H,5-6,9,11-12,24H2,1-4H3,(H2,25,28);1H. The lowest BCUT2D eigenvalue weighted by atomic mass is 10.1. The van der Waals surface area contributed by atoms with Crippen LogP contribution in [0.3, 0.4) is 0 Å². The molecule has 4 N–H and O–H groups in total. The molecule has 1 aromatic carbocycles. The monoisotopic (exact) mass is 478 g/mol. The van der Waals surface area contributed by atoms with Gasteiger partial charge in [0.25, 0.3) is 11.5 Å². The van der Waals surface area contributed by atoms with Crippen molar-refractivity contribution in [3.8, 4) is 16.3 Å². The first-order valence-electron chi connectivity index (χ1n) is 10.6. The van der Waals surface area contributed by atoms with E-state index in [2.05, 4.69) is 25.8 Å². The molecule has 174 valence electrons. The van der Waals surface area contributed by atoms with E-state index in [1.807, 2.05) is 12.1 Å². The van der Waals surface area contributed by atoms with E-state index >= 15 is 0 Å². The number of hydrogen-bond donors (Lipinski definition) is 2. The zero-order valence-electron chi connectivity index (χ0n) is 18.9. The summed E-state index contributed by atoms with van der Waals surface area (Å²) < 4.78 is 7.93. The van der Waals surface area contributed by atoms with Crippen LogP contribution in [0.5, 0.6) is 5.75 Å². The van der Waals surface area contributed by atoms with Crippen LogP contribution >= 0.6 is 23.7 Å². The fourth-order valence-electron chi connectivity index (χ4n) is 3.59. The lowest BCUT2D eigenvalue weighted by molar-refractivity contribution is 0.100. The van der Waals surface area contributed by atoms with Gasteiger partial charge in [0.1, 0.15) is 15.6 Å². The van der Waals surface area contributed by atoms with E-state index in [4.69, 9.17) is 16.2 Å². The first-order valence-corrected chi connectivity index (χ1v) is 11.4. The topological polar surface area (TPSA) is 113 Å². The number of rotatable bonds is 9. The van der Waals surface area contributed by atoms with Crippen molar-refractivity contribution in [1.82, 2.24) is 9.55 Å². The van der Waals surface area contributed by atoms with E-state index < -0.39 is 5.91 Å². The number of thiazole rings is 1. The molecule has 3 rings (SSSR count). The van der Waals surface area contributed by atoms with Gasteiger partial charge in [-0.3, -0.25) is 9.59 Å². The minimum absolute atomic E-state index is 0. The normalized spacial score (nSPS) is 11.1. The van der Waals surface area contributed by atoms with Gasteiger partial charge in [-0.2, -0.15) is 0 Å². The Morgan fingerprint density at radius 1 is 1.28 bits per heavy atom. The molecule has 0 fully saturated rings. The molecule has 0 aliphatic rings. The Balaban J connectivity index is 0.00000363. The van der Waals surface area contributed by atoms with Gasteiger partial charge in [0, 0.05) is 24.0 Å². The molecule has 32 heavy (non-hydrogen) atoms. The molecule has 0 spiro atoms. The number of pyridine rings is 1. The molecule has 0 atom stereocenters. The first kappa shape index (κ1) is 25.8. The number of unbranched alkanes of at least 4 members (excludes halogenated alkanes) is 1. The Morgan fingerprint density at radius 2 is 2.00 bits per heavy atom. The molecule has 0 saturated heterocycles. The van der Waals surface area contributed by atoms with Crippen molar-refractivity contribution < 1.29 is 9.53 Å². The van der Waals surface area contributed by atoms with Gasteiger partial charge in [-0.1, -0.05) is 33.3 Å². The van der Waals surface area contributed by atoms with Gasteiger partial charge in [-0.15, -0.1) is 23.7 Å². The highest BCUT2D eigenvalue weighted by atomic mass is 35.5. The SMILES string of the molecule is CCCCOc1c(CN)n(CC(C)C)c(=O)c2ccc(-c3nc(C)c(C(N)=O)s3)cc12.Cl. The lowest BCUT2D eigenvalue weighted by Crippen LogP contribution is -2.28. The average Bonchev–Trinajstić information content (AvgIpc) is 3.12. The number of carbonyl (C=O) groups is 1. The summed E-state index contributed by atoms with van der Waals surface area (Å²) in [5.41, 5.74) is 13.6. The van der Waals surface area contributed by atoms with Crippen LogP contribution in [0.2, 0.25) is 0 Å². The highest BCUT2D eigenvalue weighted by molar-refractivity contribution is 7.17. The number of ether oxygens (including phenoxy) is 1. The van der Waals surface area contributed by atoms with Crippen LogP contribution in [0, 0.1) is 12.8 Å². The van der Waals surface area contributed by atoms with Crippen molar-refractivity contribution in [1.29, 1.82) is 0 Å². The molecule has 0 radical (unpaired) electrons. The van der Waals surface area contributed by atoms with E-state index in [0.29, 0.717) is 50.9 Å². The van der Waals surface area contributed by atoms with Crippen molar-refractivity contribution in [2.24, 2.45) is 17.4 Å². The van der Waals surface area contributed by atoms with Gasteiger partial charge in [0.2, 0.25) is 0 Å². The van der Waals surface area contributed by atoms with E-state index in [1.165, 1.54) is 11.3 Å². The maximum atomic E-state index is 13.3. The van der Waals surface area contributed by atoms with Gasteiger partial charge in [0.05, 0.1) is 23.4 Å². The van der Waals surface area contributed by atoms with E-state index in [9.17, 15) is 9.59 Å². The van der Waals surface area contributed by atoms with Gasteiger partial charge in [-0.05, 0) is 31.4 Å². The molecule has 0 aliphatic heterocycles. The highest BCUT2D eigenvalue weighted by Crippen LogP contribution is 2.34. The Hall–Kier alpha value is -2.42. The van der Waals surface area contributed by atoms with Crippen LogP contribution in [0.1, 0.15) is 54.7 Å². The summed E-state index contributed by atoms with van der Waals surface area (Å²) in [4.78, 5) is 29.9. The number of benzene rings is 1. The Labute approximate surface area is 198 Å². The number of hydrogen-bond acceptors (Lipinski definition) is 6. The Kier molecular flexibility index (Phi) is 8.83. The van der Waals surface area contributed by atoms with Crippen molar-refractivity contribution in [2.45, 2.75) is 53.6 Å². The summed E-state index contributed by atoms with van der Waals surface area (Å²) >= 11 is 1.25. The molecular formula is C23H31ClN4O3S. The molecule has 0 unspecified atom stereocenters. The van der Waals surface area contributed by atoms with Crippen LogP contribution in [-0.2, 0) is 13.1 Å². The summed E-state index contributed by atoms with van der Waals surface area (Å²) in [5, 5.41) is 1.97. The van der Waals surface area contributed by atoms with Crippen LogP contribution < -0.4 is 21.8 Å². The predicted molar refractivity (Wildman–Crippen MR) is 133 cm³/mol. The second-order valence-corrected chi connectivity index (χ2v) is 9.05. The first-order chi connectivity index (χ1) is 14.8. The number of primary amides is 1. The number of amides is 1. The fraction of sp³-hybridized carbons (Fsp3) is 0.435. The fourth-order valence-corrected chi connectivity index (χ4v) is 4.50. The van der Waals surface area contributed by atoms with E-state index in [0.717, 1.165) is 18.4 Å². The molecule has 2 aromatic heterocycles.